The summed E-state index contributed by atoms with van der Waals surface area (Å²) in [5, 5.41) is 2.24. The molecule has 0 radical (unpaired) electrons. The van der Waals surface area contributed by atoms with Gasteiger partial charge in [-0.15, -0.1) is 0 Å². The maximum absolute atomic E-state index is 6.52. The number of fused-ring (bicyclic) bond motifs is 13. The summed E-state index contributed by atoms with van der Waals surface area (Å²) in [5.41, 5.74) is 21.3. The lowest BCUT2D eigenvalue weighted by atomic mass is 9.70. The summed E-state index contributed by atoms with van der Waals surface area (Å²) in [5.74, 6) is 1.91. The molecule has 0 bridgehead atoms. The maximum Gasteiger partial charge on any atom is 0.164 e. The highest BCUT2D eigenvalue weighted by Crippen LogP contribution is 2.63. The second-order valence-electron chi connectivity index (χ2n) is 17.8. The molecule has 14 rings (SSSR count). The van der Waals surface area contributed by atoms with E-state index in [0.29, 0.717) is 17.5 Å². The molecule has 0 N–H and O–H groups in total. The van der Waals surface area contributed by atoms with Crippen LogP contribution in [-0.4, -0.2) is 15.0 Å². The van der Waals surface area contributed by atoms with Gasteiger partial charge in [-0.2, -0.15) is 0 Å². The van der Waals surface area contributed by atoms with Crippen LogP contribution in [0.3, 0.4) is 0 Å². The molecular formula is C64H39N3O. The van der Waals surface area contributed by atoms with E-state index in [4.69, 9.17) is 19.4 Å². The lowest BCUT2D eigenvalue weighted by molar-refractivity contribution is 0.669. The first kappa shape index (κ1) is 38.3. The minimum absolute atomic E-state index is 0.467. The van der Waals surface area contributed by atoms with Crippen molar-refractivity contribution in [2.75, 3.05) is 0 Å². The zero-order valence-electron chi connectivity index (χ0n) is 36.8. The number of aromatic nitrogens is 3. The van der Waals surface area contributed by atoms with Gasteiger partial charge in [-0.25, -0.2) is 15.0 Å². The summed E-state index contributed by atoms with van der Waals surface area (Å²) in [6, 6.07) is 84.8. The molecule has 0 fully saturated rings. The van der Waals surface area contributed by atoms with Gasteiger partial charge in [0.05, 0.1) is 5.41 Å². The minimum atomic E-state index is -0.467. The number of rotatable bonds is 6. The summed E-state index contributed by atoms with van der Waals surface area (Å²) in [6.45, 7) is 0. The van der Waals surface area contributed by atoms with E-state index in [1.165, 1.54) is 50.1 Å². The fourth-order valence-electron chi connectivity index (χ4n) is 11.1. The van der Waals surface area contributed by atoms with Crippen LogP contribution in [0.1, 0.15) is 22.3 Å². The molecule has 0 atom stereocenters. The Balaban J connectivity index is 0.936. The molecule has 10 aromatic carbocycles. The molecule has 2 aliphatic carbocycles. The van der Waals surface area contributed by atoms with E-state index in [0.717, 1.165) is 66.4 Å². The van der Waals surface area contributed by atoms with Crippen LogP contribution >= 0.6 is 0 Å². The highest BCUT2D eigenvalue weighted by atomic mass is 16.3. The van der Waals surface area contributed by atoms with Crippen LogP contribution in [0.25, 0.3) is 112 Å². The first-order valence-electron chi connectivity index (χ1n) is 23.2. The van der Waals surface area contributed by atoms with E-state index in [1.54, 1.807) is 0 Å². The molecule has 316 valence electrons. The number of hydrogen-bond donors (Lipinski definition) is 0. The third kappa shape index (κ3) is 5.77. The Hall–Kier alpha value is -8.99. The van der Waals surface area contributed by atoms with E-state index in [9.17, 15) is 0 Å². The van der Waals surface area contributed by atoms with Crippen molar-refractivity contribution in [3.63, 3.8) is 0 Å². The van der Waals surface area contributed by atoms with Crippen LogP contribution in [0.4, 0.5) is 0 Å². The van der Waals surface area contributed by atoms with Gasteiger partial charge in [0.25, 0.3) is 0 Å². The van der Waals surface area contributed by atoms with Crippen LogP contribution in [0.15, 0.2) is 241 Å². The molecule has 0 unspecified atom stereocenters. The van der Waals surface area contributed by atoms with Gasteiger partial charge >= 0.3 is 0 Å². The zero-order chi connectivity index (χ0) is 44.8. The van der Waals surface area contributed by atoms with Crippen LogP contribution < -0.4 is 0 Å². The third-order valence-electron chi connectivity index (χ3n) is 14.2. The number of para-hydroxylation sites is 1. The van der Waals surface area contributed by atoms with E-state index < -0.39 is 5.41 Å². The van der Waals surface area contributed by atoms with Crippen molar-refractivity contribution in [2.45, 2.75) is 5.41 Å². The molecule has 2 aromatic heterocycles. The van der Waals surface area contributed by atoms with Gasteiger partial charge in [0.2, 0.25) is 0 Å². The fraction of sp³-hybridized carbons (Fsp3) is 0.0156. The normalized spacial score (nSPS) is 12.8. The van der Waals surface area contributed by atoms with E-state index >= 15 is 0 Å². The second-order valence-corrected chi connectivity index (χ2v) is 17.8. The SMILES string of the molecule is c1ccc(-c2nc(-c3ccccc3)nc(-c3cccc(-c4ccc(-c5cc6c(cc5-c5ccc7c(c5)oc5ccccc57)-c5ccccc5C65c6ccccc6-c6ccccc65)cc4)c3)n2)cc1. The summed E-state index contributed by atoms with van der Waals surface area (Å²) < 4.78 is 6.52. The summed E-state index contributed by atoms with van der Waals surface area (Å²) in [4.78, 5) is 15.0. The first-order chi connectivity index (χ1) is 33.7. The molecule has 4 nitrogen and oxygen atoms in total. The average molecular weight is 866 g/mol. The molecule has 68 heavy (non-hydrogen) atoms. The number of benzene rings is 10. The van der Waals surface area contributed by atoms with E-state index in [2.05, 4.69) is 170 Å². The molecule has 0 saturated heterocycles. The number of hydrogen-bond acceptors (Lipinski definition) is 4. The predicted molar refractivity (Wildman–Crippen MR) is 276 cm³/mol. The van der Waals surface area contributed by atoms with Gasteiger partial charge in [0.1, 0.15) is 11.2 Å². The Labute approximate surface area is 393 Å². The second kappa shape index (κ2) is 15.0. The van der Waals surface area contributed by atoms with E-state index in [1.807, 2.05) is 66.7 Å². The minimum Gasteiger partial charge on any atom is -0.456 e. The van der Waals surface area contributed by atoms with Crippen LogP contribution in [0.2, 0.25) is 0 Å². The van der Waals surface area contributed by atoms with Crippen LogP contribution in [-0.2, 0) is 5.41 Å². The predicted octanol–water partition coefficient (Wildman–Crippen LogP) is 16.1. The van der Waals surface area contributed by atoms with Crippen molar-refractivity contribution < 1.29 is 4.42 Å². The van der Waals surface area contributed by atoms with E-state index in [-0.39, 0.29) is 0 Å². The van der Waals surface area contributed by atoms with Crippen molar-refractivity contribution in [3.05, 3.63) is 259 Å². The smallest absolute Gasteiger partial charge is 0.164 e. The molecular weight excluding hydrogens is 827 g/mol. The lowest BCUT2D eigenvalue weighted by Gasteiger charge is -2.31. The fourth-order valence-corrected chi connectivity index (χ4v) is 11.1. The summed E-state index contributed by atoms with van der Waals surface area (Å²) in [6.07, 6.45) is 0. The quantitative estimate of drug-likeness (QED) is 0.167. The molecule has 2 aliphatic rings. The monoisotopic (exact) mass is 865 g/mol. The molecule has 0 saturated carbocycles. The Morgan fingerprint density at radius 2 is 0.721 bits per heavy atom. The largest absolute Gasteiger partial charge is 0.456 e. The Morgan fingerprint density at radius 3 is 1.37 bits per heavy atom. The average Bonchev–Trinajstić information content (AvgIpc) is 4.04. The zero-order valence-corrected chi connectivity index (χ0v) is 36.8. The maximum atomic E-state index is 6.52. The summed E-state index contributed by atoms with van der Waals surface area (Å²) >= 11 is 0. The van der Waals surface area contributed by atoms with Crippen molar-refractivity contribution in [1.29, 1.82) is 0 Å². The number of furan rings is 1. The van der Waals surface area contributed by atoms with Gasteiger partial charge in [0, 0.05) is 27.5 Å². The Bertz CT molecular complexity index is 3860. The summed E-state index contributed by atoms with van der Waals surface area (Å²) in [7, 11) is 0. The van der Waals surface area contributed by atoms with Gasteiger partial charge in [-0.05, 0) is 114 Å². The van der Waals surface area contributed by atoms with Crippen molar-refractivity contribution in [2.24, 2.45) is 0 Å². The topological polar surface area (TPSA) is 51.8 Å². The Morgan fingerprint density at radius 1 is 0.250 bits per heavy atom. The van der Waals surface area contributed by atoms with Crippen molar-refractivity contribution in [3.8, 4) is 89.8 Å². The molecule has 2 heterocycles. The molecule has 0 amide bonds. The van der Waals surface area contributed by atoms with Gasteiger partial charge in [-0.1, -0.05) is 200 Å². The van der Waals surface area contributed by atoms with Crippen LogP contribution in [0.5, 0.6) is 0 Å². The van der Waals surface area contributed by atoms with Crippen LogP contribution in [0, 0.1) is 0 Å². The van der Waals surface area contributed by atoms with Gasteiger partial charge in [-0.3, -0.25) is 0 Å². The van der Waals surface area contributed by atoms with Crippen molar-refractivity contribution in [1.82, 2.24) is 15.0 Å². The standard InChI is InChI=1S/C64H39N3O/c1-3-16-42(17-4-1)61-65-62(43-18-5-2-6-19-43)67-63(66-61)46-21-15-20-44(36-46)40-30-32-41(33-31-40)53-39-58-54(38-52(53)45-34-35-51-50-25-10-14-29-59(50)68-60(51)37-45)49-24-9-13-28-57(49)64(58)55-26-11-7-22-47(55)48-23-8-12-27-56(48)64/h1-39H. The first-order valence-corrected chi connectivity index (χ1v) is 23.2. The van der Waals surface area contributed by atoms with Gasteiger partial charge in [0.15, 0.2) is 17.5 Å². The molecule has 1 spiro atoms. The number of nitrogens with zero attached hydrogens (tertiary/aromatic N) is 3. The third-order valence-corrected chi connectivity index (χ3v) is 14.2. The highest BCUT2D eigenvalue weighted by molar-refractivity contribution is 6.07. The van der Waals surface area contributed by atoms with Crippen molar-refractivity contribution >= 4 is 21.9 Å². The molecule has 4 heteroatoms. The Kier molecular flexibility index (Phi) is 8.46. The molecule has 0 aliphatic heterocycles. The van der Waals surface area contributed by atoms with Gasteiger partial charge < -0.3 is 4.42 Å². The highest BCUT2D eigenvalue weighted by Gasteiger charge is 2.51. The lowest BCUT2D eigenvalue weighted by Crippen LogP contribution is -2.25. The molecule has 12 aromatic rings.